The molecule has 6 N–H and O–H groups in total. The fourth-order valence-corrected chi connectivity index (χ4v) is 7.64. The van der Waals surface area contributed by atoms with Gasteiger partial charge in [0.25, 0.3) is 0 Å². The van der Waals surface area contributed by atoms with Crippen molar-refractivity contribution in [2.24, 2.45) is 0 Å². The summed E-state index contributed by atoms with van der Waals surface area (Å²) < 4.78 is 28.0. The smallest absolute Gasteiger partial charge is 0.306 e. The monoisotopic (exact) mass is 819 g/mol. The highest BCUT2D eigenvalue weighted by Crippen LogP contribution is 2.30. The molecule has 13 nitrogen and oxygen atoms in total. The molecule has 0 aromatic carbocycles. The lowest BCUT2D eigenvalue weighted by Gasteiger charge is -2.45. The molecule has 13 heteroatoms. The molecule has 0 aliphatic carbocycles. The Hall–Kier alpha value is -1.42. The maximum Gasteiger partial charge on any atom is 0.306 e. The number of carbonyl (C=O) groups excluding carboxylic acids is 2. The highest BCUT2D eigenvalue weighted by molar-refractivity contribution is 5.70. The Labute approximate surface area is 343 Å². The van der Waals surface area contributed by atoms with Crippen LogP contribution in [0.15, 0.2) is 0 Å². The van der Waals surface area contributed by atoms with E-state index in [1.54, 1.807) is 0 Å². The summed E-state index contributed by atoms with van der Waals surface area (Å²) in [6.45, 7) is 3.35. The van der Waals surface area contributed by atoms with E-state index in [2.05, 4.69) is 13.8 Å². The number of unbranched alkanes of at least 4 members (excludes halogenated alkanes) is 24. The van der Waals surface area contributed by atoms with Crippen LogP contribution in [-0.4, -0.2) is 117 Å². The van der Waals surface area contributed by atoms with Gasteiger partial charge in [0.15, 0.2) is 18.7 Å². The summed E-state index contributed by atoms with van der Waals surface area (Å²) in [7, 11) is 0. The Morgan fingerprint density at radius 3 is 1.25 bits per heavy atom. The Morgan fingerprint density at radius 1 is 0.456 bits per heavy atom. The van der Waals surface area contributed by atoms with Gasteiger partial charge in [0.05, 0.1) is 6.61 Å². The third-order valence-corrected chi connectivity index (χ3v) is 11.4. The van der Waals surface area contributed by atoms with Gasteiger partial charge in [-0.15, -0.1) is 0 Å². The van der Waals surface area contributed by atoms with Crippen molar-refractivity contribution in [3.05, 3.63) is 0 Å². The van der Waals surface area contributed by atoms with E-state index in [1.165, 1.54) is 116 Å². The van der Waals surface area contributed by atoms with Crippen molar-refractivity contribution in [1.82, 2.24) is 0 Å². The van der Waals surface area contributed by atoms with E-state index in [-0.39, 0.29) is 12.8 Å². The van der Waals surface area contributed by atoms with Gasteiger partial charge in [-0.3, -0.25) is 9.59 Å². The molecule has 0 radical (unpaired) electrons. The molecule has 2 heterocycles. The van der Waals surface area contributed by atoms with E-state index in [1.807, 2.05) is 0 Å². The molecule has 2 aliphatic heterocycles. The molecule has 2 aliphatic rings. The largest absolute Gasteiger partial charge is 0.463 e. The van der Waals surface area contributed by atoms with E-state index in [0.717, 1.165) is 38.5 Å². The highest BCUT2D eigenvalue weighted by Gasteiger charge is 2.51. The van der Waals surface area contributed by atoms with Crippen molar-refractivity contribution < 1.29 is 63.9 Å². The van der Waals surface area contributed by atoms with Crippen molar-refractivity contribution in [3.8, 4) is 0 Å². The van der Waals surface area contributed by atoms with Crippen LogP contribution in [0.25, 0.3) is 0 Å². The molecule has 2 fully saturated rings. The molecule has 57 heavy (non-hydrogen) atoms. The van der Waals surface area contributed by atoms with Crippen LogP contribution in [0, 0.1) is 0 Å². The number of carbonyl (C=O) groups is 2. The first kappa shape index (κ1) is 51.7. The Bertz CT molecular complexity index is 999. The molecule has 0 aromatic heterocycles. The predicted octanol–water partition coefficient (Wildman–Crippen LogP) is 6.67. The third-order valence-electron chi connectivity index (χ3n) is 11.4. The maximum atomic E-state index is 12.9. The Balaban J connectivity index is 1.82. The molecule has 0 unspecified atom stereocenters. The highest BCUT2D eigenvalue weighted by atomic mass is 16.8. The van der Waals surface area contributed by atoms with Gasteiger partial charge >= 0.3 is 11.9 Å². The van der Waals surface area contributed by atoms with Gasteiger partial charge in [0.1, 0.15) is 49.3 Å². The topological polar surface area (TPSA) is 202 Å². The molecule has 2 rings (SSSR count). The van der Waals surface area contributed by atoms with E-state index in [0.29, 0.717) is 12.8 Å². The average molecular weight is 819 g/mol. The molecule has 0 aromatic rings. The Morgan fingerprint density at radius 2 is 0.825 bits per heavy atom. The summed E-state index contributed by atoms with van der Waals surface area (Å²) in [6.07, 6.45) is 14.7. The van der Waals surface area contributed by atoms with Crippen LogP contribution in [0.5, 0.6) is 0 Å². The van der Waals surface area contributed by atoms with E-state index < -0.39 is 86.6 Å². The molecule has 0 spiro atoms. The Kier molecular flexibility index (Phi) is 29.4. The summed E-state index contributed by atoms with van der Waals surface area (Å²) >= 11 is 0. The van der Waals surface area contributed by atoms with Crippen LogP contribution in [0.3, 0.4) is 0 Å². The zero-order chi connectivity index (χ0) is 41.7. The van der Waals surface area contributed by atoms with Crippen LogP contribution in [0.1, 0.15) is 194 Å². The predicted molar refractivity (Wildman–Crippen MR) is 217 cm³/mol. The number of hydrogen-bond donors (Lipinski definition) is 6. The first-order chi connectivity index (χ1) is 27.6. The van der Waals surface area contributed by atoms with Gasteiger partial charge < -0.3 is 54.3 Å². The van der Waals surface area contributed by atoms with Gasteiger partial charge in [-0.25, -0.2) is 0 Å². The molecular formula is C44H82O13. The molecule has 0 bridgehead atoms. The van der Waals surface area contributed by atoms with Crippen molar-refractivity contribution in [2.45, 2.75) is 255 Å². The lowest BCUT2D eigenvalue weighted by molar-refractivity contribution is -0.376. The van der Waals surface area contributed by atoms with Crippen molar-refractivity contribution >= 4 is 11.9 Å². The molecule has 2 saturated heterocycles. The van der Waals surface area contributed by atoms with E-state index in [4.69, 9.17) is 23.7 Å². The number of aliphatic hydroxyl groups is 6. The standard InChI is InChI=1S/C44H82O13/c1-3-5-7-9-11-13-15-17-19-21-23-25-27-29-35(46)53-32-34-42(56-36(47)30-28-26-24-22-20-18-16-14-12-10-8-6-4-2)39(50)41(52)44(55-34)57-43-40(51)38(49)37(48)33(31-45)54-43/h33-34,37-45,48-52H,3-32H2,1-2H3/t33-,34-,37+,38+,39-,40-,41+,42-,43+,44-/m1/s1. The number of esters is 2. The normalized spacial score (nSPS) is 27.7. The molecule has 336 valence electrons. The van der Waals surface area contributed by atoms with E-state index >= 15 is 0 Å². The van der Waals surface area contributed by atoms with Gasteiger partial charge in [0.2, 0.25) is 0 Å². The molecular weight excluding hydrogens is 736 g/mol. The lowest BCUT2D eigenvalue weighted by Crippen LogP contribution is -2.64. The molecule has 10 atom stereocenters. The van der Waals surface area contributed by atoms with Crippen LogP contribution >= 0.6 is 0 Å². The van der Waals surface area contributed by atoms with Gasteiger partial charge in [-0.05, 0) is 12.8 Å². The molecule has 0 amide bonds. The van der Waals surface area contributed by atoms with Gasteiger partial charge in [-0.1, -0.05) is 168 Å². The summed E-state index contributed by atoms with van der Waals surface area (Å²) in [4.78, 5) is 25.7. The summed E-state index contributed by atoms with van der Waals surface area (Å²) in [5.41, 5.74) is 0. The zero-order valence-corrected chi connectivity index (χ0v) is 35.5. The van der Waals surface area contributed by atoms with Gasteiger partial charge in [-0.2, -0.15) is 0 Å². The van der Waals surface area contributed by atoms with Crippen LogP contribution in [0.4, 0.5) is 0 Å². The second-order valence-electron chi connectivity index (χ2n) is 16.5. The number of aliphatic hydroxyl groups excluding tert-OH is 6. The third kappa shape index (κ3) is 21.6. The fourth-order valence-electron chi connectivity index (χ4n) is 7.64. The van der Waals surface area contributed by atoms with Crippen molar-refractivity contribution in [1.29, 1.82) is 0 Å². The number of rotatable bonds is 34. The second-order valence-corrected chi connectivity index (χ2v) is 16.5. The number of ether oxygens (including phenoxy) is 5. The van der Waals surface area contributed by atoms with Crippen LogP contribution < -0.4 is 0 Å². The summed E-state index contributed by atoms with van der Waals surface area (Å²) in [5.74, 6) is -1.07. The van der Waals surface area contributed by atoms with Crippen LogP contribution in [-0.2, 0) is 33.3 Å². The number of hydrogen-bond acceptors (Lipinski definition) is 13. The quantitative estimate of drug-likeness (QED) is 0.0297. The molecule has 0 saturated carbocycles. The van der Waals surface area contributed by atoms with E-state index in [9.17, 15) is 40.2 Å². The lowest BCUT2D eigenvalue weighted by atomic mass is 9.97. The van der Waals surface area contributed by atoms with Crippen molar-refractivity contribution in [3.63, 3.8) is 0 Å². The second kappa shape index (κ2) is 32.4. The average Bonchev–Trinajstić information content (AvgIpc) is 3.20. The first-order valence-corrected chi connectivity index (χ1v) is 23.0. The minimum absolute atomic E-state index is 0.105. The summed E-state index contributed by atoms with van der Waals surface area (Å²) in [5, 5.41) is 62.5. The van der Waals surface area contributed by atoms with Gasteiger partial charge in [0, 0.05) is 12.8 Å². The minimum Gasteiger partial charge on any atom is -0.463 e. The SMILES string of the molecule is CCCCCCCCCCCCCCCC(=O)OC[C@H]1O[C@H](O[C@@H]2O[C@H](CO)[C@H](O)[C@H](O)[C@H]2O)[C@@H](O)[C@@H](O)[C@@H]1OC(=O)CCCCCCCCCCCCCCC. The van der Waals surface area contributed by atoms with Crippen LogP contribution in [0.2, 0.25) is 0 Å². The summed E-state index contributed by atoms with van der Waals surface area (Å²) in [6, 6.07) is 0. The first-order valence-electron chi connectivity index (χ1n) is 23.0. The maximum absolute atomic E-state index is 12.9. The fraction of sp³-hybridized carbons (Fsp3) is 0.955. The zero-order valence-electron chi connectivity index (χ0n) is 35.5. The minimum atomic E-state index is -1.80. The van der Waals surface area contributed by atoms with Crippen molar-refractivity contribution in [2.75, 3.05) is 13.2 Å².